The summed E-state index contributed by atoms with van der Waals surface area (Å²) in [6.07, 6.45) is 1.64. The van der Waals surface area contributed by atoms with Crippen molar-refractivity contribution < 1.29 is 0 Å². The highest BCUT2D eigenvalue weighted by molar-refractivity contribution is 5.80. The van der Waals surface area contributed by atoms with Crippen LogP contribution in [0.2, 0.25) is 0 Å². The second kappa shape index (κ2) is 5.26. The Kier molecular flexibility index (Phi) is 3.69. The smallest absolute Gasteiger partial charge is 0.280 e. The van der Waals surface area contributed by atoms with E-state index in [2.05, 4.69) is 17.0 Å². The number of nitrogens with zero attached hydrogens (tertiary/aromatic N) is 2. The second-order valence-corrected chi connectivity index (χ2v) is 4.69. The molecule has 0 aliphatic rings. The number of benzene rings is 1. The average Bonchev–Trinajstić information content (AvgIpc) is 2.66. The van der Waals surface area contributed by atoms with Crippen LogP contribution in [0.3, 0.4) is 0 Å². The number of aromatic nitrogens is 2. The van der Waals surface area contributed by atoms with Crippen LogP contribution in [-0.2, 0) is 0 Å². The lowest BCUT2D eigenvalue weighted by Gasteiger charge is -2.05. The third-order valence-corrected chi connectivity index (χ3v) is 3.27. The van der Waals surface area contributed by atoms with Gasteiger partial charge in [0.15, 0.2) is 0 Å². The van der Waals surface area contributed by atoms with E-state index in [4.69, 9.17) is 0 Å². The molecule has 1 aromatic heterocycles. The van der Waals surface area contributed by atoms with Gasteiger partial charge in [-0.05, 0) is 51.0 Å². The highest BCUT2D eigenvalue weighted by Gasteiger charge is 2.10. The first kappa shape index (κ1) is 13.3. The molecule has 1 N–H and O–H groups in total. The Balaban J connectivity index is 2.55. The summed E-state index contributed by atoms with van der Waals surface area (Å²) in [7, 11) is 0. The fourth-order valence-corrected chi connectivity index (χ4v) is 1.94. The molecule has 0 aliphatic carbocycles. The van der Waals surface area contributed by atoms with Gasteiger partial charge in [0, 0.05) is 18.5 Å². The molecule has 2 aromatic rings. The summed E-state index contributed by atoms with van der Waals surface area (Å²) in [4.78, 5) is 16.5. The van der Waals surface area contributed by atoms with Gasteiger partial charge < -0.3 is 0 Å². The van der Waals surface area contributed by atoms with Crippen LogP contribution in [0.4, 0.5) is 0 Å². The number of rotatable bonds is 3. The highest BCUT2D eigenvalue weighted by Crippen LogP contribution is 2.12. The van der Waals surface area contributed by atoms with Crippen molar-refractivity contribution in [3.8, 4) is 5.69 Å². The molecule has 2 rings (SSSR count). The standard InChI is InChI=1S/C15H19N3O/c1-5-16-9-14-12(4)17-18(15(14)19)13-7-6-10(2)11(3)8-13/h6-9,17H,5H2,1-4H3. The number of aryl methyl sites for hydroxylation is 3. The van der Waals surface area contributed by atoms with Gasteiger partial charge in [0.1, 0.15) is 0 Å². The van der Waals surface area contributed by atoms with E-state index >= 15 is 0 Å². The summed E-state index contributed by atoms with van der Waals surface area (Å²) in [6, 6.07) is 5.97. The van der Waals surface area contributed by atoms with Crippen LogP contribution in [-0.4, -0.2) is 22.5 Å². The Morgan fingerprint density at radius 2 is 2.00 bits per heavy atom. The molecule has 19 heavy (non-hydrogen) atoms. The molecule has 0 saturated carbocycles. The van der Waals surface area contributed by atoms with Crippen molar-refractivity contribution in [2.75, 3.05) is 6.54 Å². The van der Waals surface area contributed by atoms with Gasteiger partial charge in [0.05, 0.1) is 11.3 Å². The lowest BCUT2D eigenvalue weighted by Crippen LogP contribution is -2.17. The number of H-pyrrole nitrogens is 1. The van der Waals surface area contributed by atoms with Gasteiger partial charge >= 0.3 is 0 Å². The molecule has 0 spiro atoms. The van der Waals surface area contributed by atoms with Gasteiger partial charge in [-0.2, -0.15) is 0 Å². The summed E-state index contributed by atoms with van der Waals surface area (Å²) in [5, 5.41) is 3.10. The van der Waals surface area contributed by atoms with E-state index in [1.165, 1.54) is 11.1 Å². The highest BCUT2D eigenvalue weighted by atomic mass is 16.1. The van der Waals surface area contributed by atoms with Crippen molar-refractivity contribution >= 4 is 6.21 Å². The Bertz CT molecular complexity index is 677. The predicted octanol–water partition coefficient (Wildman–Crippen LogP) is 2.53. The first-order valence-corrected chi connectivity index (χ1v) is 6.43. The minimum Gasteiger partial charge on any atom is -0.295 e. The Morgan fingerprint density at radius 1 is 1.26 bits per heavy atom. The Labute approximate surface area is 112 Å². The number of hydrogen-bond donors (Lipinski definition) is 1. The van der Waals surface area contributed by atoms with Crippen molar-refractivity contribution in [2.45, 2.75) is 27.7 Å². The van der Waals surface area contributed by atoms with Gasteiger partial charge in [-0.15, -0.1) is 0 Å². The van der Waals surface area contributed by atoms with E-state index in [-0.39, 0.29) is 5.56 Å². The zero-order valence-corrected chi connectivity index (χ0v) is 11.8. The number of aromatic amines is 1. The molecule has 0 saturated heterocycles. The zero-order valence-electron chi connectivity index (χ0n) is 11.8. The Hall–Kier alpha value is -2.10. The van der Waals surface area contributed by atoms with Crippen molar-refractivity contribution in [1.29, 1.82) is 0 Å². The molecule has 0 amide bonds. The third kappa shape index (κ3) is 2.52. The second-order valence-electron chi connectivity index (χ2n) is 4.69. The number of nitrogens with one attached hydrogen (secondary N) is 1. The maximum absolute atomic E-state index is 12.3. The fourth-order valence-electron chi connectivity index (χ4n) is 1.94. The van der Waals surface area contributed by atoms with Gasteiger partial charge in [0.25, 0.3) is 5.56 Å². The maximum Gasteiger partial charge on any atom is 0.280 e. The summed E-state index contributed by atoms with van der Waals surface area (Å²) in [5.41, 5.74) is 4.64. The number of aliphatic imine (C=N–C) groups is 1. The van der Waals surface area contributed by atoms with Crippen LogP contribution >= 0.6 is 0 Å². The van der Waals surface area contributed by atoms with Gasteiger partial charge in [-0.25, -0.2) is 4.68 Å². The molecule has 0 fully saturated rings. The first-order valence-electron chi connectivity index (χ1n) is 6.43. The fraction of sp³-hybridized carbons (Fsp3) is 0.333. The van der Waals surface area contributed by atoms with Crippen molar-refractivity contribution in [3.05, 3.63) is 50.9 Å². The van der Waals surface area contributed by atoms with Crippen LogP contribution in [0.25, 0.3) is 5.69 Å². The minimum absolute atomic E-state index is 0.0575. The monoisotopic (exact) mass is 257 g/mol. The molecule has 1 heterocycles. The molecular weight excluding hydrogens is 238 g/mol. The quantitative estimate of drug-likeness (QED) is 0.844. The Morgan fingerprint density at radius 3 is 2.63 bits per heavy atom. The lowest BCUT2D eigenvalue weighted by atomic mass is 10.1. The van der Waals surface area contributed by atoms with Crippen molar-refractivity contribution in [3.63, 3.8) is 0 Å². The molecule has 4 heteroatoms. The first-order chi connectivity index (χ1) is 9.04. The number of hydrogen-bond acceptors (Lipinski definition) is 2. The van der Waals surface area contributed by atoms with Gasteiger partial charge in [0.2, 0.25) is 0 Å². The average molecular weight is 257 g/mol. The van der Waals surface area contributed by atoms with Gasteiger partial charge in [-0.1, -0.05) is 6.07 Å². The molecule has 0 atom stereocenters. The van der Waals surface area contributed by atoms with Gasteiger partial charge in [-0.3, -0.25) is 14.9 Å². The lowest BCUT2D eigenvalue weighted by molar-refractivity contribution is 0.833. The molecule has 100 valence electrons. The van der Waals surface area contributed by atoms with Crippen LogP contribution in [0.1, 0.15) is 29.3 Å². The normalized spacial score (nSPS) is 11.4. The maximum atomic E-state index is 12.3. The van der Waals surface area contributed by atoms with E-state index < -0.39 is 0 Å². The van der Waals surface area contributed by atoms with Crippen LogP contribution in [0, 0.1) is 20.8 Å². The molecule has 0 radical (unpaired) electrons. The van der Waals surface area contributed by atoms with Crippen LogP contribution < -0.4 is 5.56 Å². The van der Waals surface area contributed by atoms with E-state index in [1.54, 1.807) is 10.9 Å². The molecule has 1 aromatic carbocycles. The predicted molar refractivity (Wildman–Crippen MR) is 78.7 cm³/mol. The SMILES string of the molecule is CCN=Cc1c(C)[nH]n(-c2ccc(C)c(C)c2)c1=O. The van der Waals surface area contributed by atoms with E-state index in [1.807, 2.05) is 39.0 Å². The summed E-state index contributed by atoms with van der Waals surface area (Å²) < 4.78 is 1.57. The summed E-state index contributed by atoms with van der Waals surface area (Å²) >= 11 is 0. The van der Waals surface area contributed by atoms with Crippen molar-refractivity contribution in [2.24, 2.45) is 4.99 Å². The summed E-state index contributed by atoms with van der Waals surface area (Å²) in [5.74, 6) is 0. The van der Waals surface area contributed by atoms with E-state index in [0.29, 0.717) is 12.1 Å². The topological polar surface area (TPSA) is 50.1 Å². The molecule has 4 nitrogen and oxygen atoms in total. The minimum atomic E-state index is -0.0575. The van der Waals surface area contributed by atoms with Crippen LogP contribution in [0.15, 0.2) is 28.0 Å². The van der Waals surface area contributed by atoms with E-state index in [9.17, 15) is 4.79 Å². The third-order valence-electron chi connectivity index (χ3n) is 3.27. The van der Waals surface area contributed by atoms with E-state index in [0.717, 1.165) is 11.4 Å². The van der Waals surface area contributed by atoms with Crippen molar-refractivity contribution in [1.82, 2.24) is 9.78 Å². The summed E-state index contributed by atoms with van der Waals surface area (Å²) in [6.45, 7) is 8.60. The zero-order chi connectivity index (χ0) is 14.0. The molecule has 0 aliphatic heterocycles. The largest absolute Gasteiger partial charge is 0.295 e. The molecule has 0 bridgehead atoms. The molecule has 0 unspecified atom stereocenters. The van der Waals surface area contributed by atoms with Crippen LogP contribution in [0.5, 0.6) is 0 Å². The molecular formula is C15H19N3O.